The maximum absolute atomic E-state index is 13.2. The largest absolute Gasteiger partial charge is 0.324 e. The predicted molar refractivity (Wildman–Crippen MR) is 112 cm³/mol. The highest BCUT2D eigenvalue weighted by atomic mass is 16.2. The van der Waals surface area contributed by atoms with E-state index in [1.54, 1.807) is 12.3 Å². The molecule has 1 aliphatic carbocycles. The Bertz CT molecular complexity index is 715. The molecule has 0 unspecified atom stereocenters. The first kappa shape index (κ1) is 20.3. The van der Waals surface area contributed by atoms with Crippen LogP contribution in [0.2, 0.25) is 0 Å². The van der Waals surface area contributed by atoms with E-state index in [1.807, 2.05) is 17.9 Å². The number of carbonyl (C=O) groups excluding carboxylic acids is 2. The summed E-state index contributed by atoms with van der Waals surface area (Å²) in [6.07, 6.45) is 8.83. The lowest BCUT2D eigenvalue weighted by Gasteiger charge is -2.41. The van der Waals surface area contributed by atoms with E-state index < -0.39 is 5.54 Å². The molecule has 7 nitrogen and oxygen atoms in total. The molecule has 1 aromatic heterocycles. The molecule has 1 saturated carbocycles. The van der Waals surface area contributed by atoms with Crippen molar-refractivity contribution >= 4 is 11.8 Å². The number of aromatic nitrogens is 1. The lowest BCUT2D eigenvalue weighted by molar-refractivity contribution is 0.0793. The van der Waals surface area contributed by atoms with Gasteiger partial charge in [0.2, 0.25) is 0 Å². The van der Waals surface area contributed by atoms with Crippen molar-refractivity contribution in [1.29, 1.82) is 0 Å². The van der Waals surface area contributed by atoms with Gasteiger partial charge in [0.15, 0.2) is 5.78 Å². The van der Waals surface area contributed by atoms with Gasteiger partial charge in [-0.1, -0.05) is 19.3 Å². The predicted octanol–water partition coefficient (Wildman–Crippen LogP) is 1.96. The first-order valence-corrected chi connectivity index (χ1v) is 11.1. The quantitative estimate of drug-likeness (QED) is 0.757. The lowest BCUT2D eigenvalue weighted by atomic mass is 9.89. The van der Waals surface area contributed by atoms with Crippen LogP contribution >= 0.6 is 0 Å². The Labute approximate surface area is 173 Å². The van der Waals surface area contributed by atoms with Crippen molar-refractivity contribution in [3.05, 3.63) is 29.6 Å². The van der Waals surface area contributed by atoms with Crippen LogP contribution < -0.4 is 10.6 Å². The molecule has 2 amide bonds. The molecule has 4 rings (SSSR count). The summed E-state index contributed by atoms with van der Waals surface area (Å²) in [5.41, 5.74) is 0.552. The molecular formula is C22H33N5O2. The minimum absolute atomic E-state index is 0.0517. The van der Waals surface area contributed by atoms with Gasteiger partial charge in [0, 0.05) is 56.2 Å². The molecule has 2 N–H and O–H groups in total. The van der Waals surface area contributed by atoms with E-state index in [-0.39, 0.29) is 11.8 Å². The number of hydrogen-bond acceptors (Lipinski definition) is 5. The van der Waals surface area contributed by atoms with Crippen LogP contribution in [0.5, 0.6) is 0 Å². The molecule has 7 heteroatoms. The molecule has 2 aliphatic heterocycles. The summed E-state index contributed by atoms with van der Waals surface area (Å²) in [6.45, 7) is 6.40. The van der Waals surface area contributed by atoms with E-state index in [9.17, 15) is 9.59 Å². The molecule has 3 aliphatic rings. The fraction of sp³-hybridized carbons (Fsp3) is 0.682. The molecule has 2 saturated heterocycles. The number of urea groups is 1. The molecule has 158 valence electrons. The van der Waals surface area contributed by atoms with Crippen molar-refractivity contribution in [3.8, 4) is 0 Å². The zero-order valence-electron chi connectivity index (χ0n) is 17.5. The van der Waals surface area contributed by atoms with E-state index in [0.717, 1.165) is 38.4 Å². The van der Waals surface area contributed by atoms with Crippen LogP contribution in [-0.2, 0) is 0 Å². The van der Waals surface area contributed by atoms with Crippen molar-refractivity contribution in [2.75, 3.05) is 39.3 Å². The van der Waals surface area contributed by atoms with E-state index >= 15 is 0 Å². The fourth-order valence-electron chi connectivity index (χ4n) is 4.95. The smallest absolute Gasteiger partial charge is 0.318 e. The molecule has 3 heterocycles. The Hall–Kier alpha value is -1.99. The monoisotopic (exact) mass is 399 g/mol. The van der Waals surface area contributed by atoms with Crippen LogP contribution in [0, 0.1) is 6.92 Å². The van der Waals surface area contributed by atoms with Crippen LogP contribution in [0.25, 0.3) is 0 Å². The van der Waals surface area contributed by atoms with Gasteiger partial charge in [0.05, 0.1) is 0 Å². The number of Topliss-reactive ketones (excluding diaryl/α,β-unsaturated/α-hetero) is 1. The highest BCUT2D eigenvalue weighted by Crippen LogP contribution is 2.24. The minimum atomic E-state index is -0.880. The number of hydrogen-bond donors (Lipinski definition) is 2. The highest BCUT2D eigenvalue weighted by molar-refractivity contribution is 6.05. The van der Waals surface area contributed by atoms with Gasteiger partial charge in [0.1, 0.15) is 5.54 Å². The number of pyridine rings is 1. The van der Waals surface area contributed by atoms with E-state index in [2.05, 4.69) is 20.5 Å². The summed E-state index contributed by atoms with van der Waals surface area (Å²) >= 11 is 0. The number of nitrogens with zero attached hydrogens (tertiary/aromatic N) is 3. The summed E-state index contributed by atoms with van der Waals surface area (Å²) in [7, 11) is 0. The van der Waals surface area contributed by atoms with Crippen LogP contribution in [0.15, 0.2) is 18.3 Å². The number of aryl methyl sites for hydroxylation is 1. The van der Waals surface area contributed by atoms with Crippen LogP contribution in [0.1, 0.15) is 54.6 Å². The number of nitrogens with one attached hydrogen (secondary N) is 2. The molecule has 29 heavy (non-hydrogen) atoms. The van der Waals surface area contributed by atoms with E-state index in [4.69, 9.17) is 0 Å². The summed E-state index contributed by atoms with van der Waals surface area (Å²) in [5.74, 6) is -0.0517. The third-order valence-corrected chi connectivity index (χ3v) is 6.80. The fourth-order valence-corrected chi connectivity index (χ4v) is 4.95. The minimum Gasteiger partial charge on any atom is -0.324 e. The Kier molecular flexibility index (Phi) is 6.15. The third kappa shape index (κ3) is 4.46. The second-order valence-corrected chi connectivity index (χ2v) is 8.77. The van der Waals surface area contributed by atoms with Gasteiger partial charge in [-0.15, -0.1) is 0 Å². The van der Waals surface area contributed by atoms with Crippen LogP contribution in [-0.4, -0.2) is 77.4 Å². The Morgan fingerprint density at radius 1 is 1.14 bits per heavy atom. The van der Waals surface area contributed by atoms with E-state index in [0.29, 0.717) is 24.6 Å². The normalized spacial score (nSPS) is 26.4. The third-order valence-electron chi connectivity index (χ3n) is 6.80. The van der Waals surface area contributed by atoms with Crippen molar-refractivity contribution in [1.82, 2.24) is 25.4 Å². The van der Waals surface area contributed by atoms with Crippen LogP contribution in [0.4, 0.5) is 4.79 Å². The molecule has 0 spiro atoms. The zero-order valence-corrected chi connectivity index (χ0v) is 17.5. The maximum atomic E-state index is 13.2. The van der Waals surface area contributed by atoms with Gasteiger partial charge >= 0.3 is 6.03 Å². The zero-order chi connectivity index (χ0) is 20.3. The van der Waals surface area contributed by atoms with E-state index in [1.165, 1.54) is 32.1 Å². The van der Waals surface area contributed by atoms with Crippen molar-refractivity contribution in [2.24, 2.45) is 0 Å². The van der Waals surface area contributed by atoms with Crippen molar-refractivity contribution in [3.63, 3.8) is 0 Å². The highest BCUT2D eigenvalue weighted by Gasteiger charge is 2.44. The molecule has 1 atom stereocenters. The van der Waals surface area contributed by atoms with Crippen LogP contribution in [0.3, 0.4) is 0 Å². The Morgan fingerprint density at radius 2 is 1.90 bits per heavy atom. The summed E-state index contributed by atoms with van der Waals surface area (Å²) in [4.78, 5) is 35.0. The van der Waals surface area contributed by atoms with Gasteiger partial charge in [-0.3, -0.25) is 14.7 Å². The lowest BCUT2D eigenvalue weighted by Crippen LogP contribution is -2.62. The average Bonchev–Trinajstić information content (AvgIpc) is 3.24. The molecule has 0 radical (unpaired) electrons. The summed E-state index contributed by atoms with van der Waals surface area (Å²) in [5, 5.41) is 6.35. The second kappa shape index (κ2) is 8.79. The molecule has 1 aromatic rings. The number of rotatable bonds is 4. The van der Waals surface area contributed by atoms with Crippen molar-refractivity contribution < 1.29 is 9.59 Å². The van der Waals surface area contributed by atoms with Crippen molar-refractivity contribution in [2.45, 2.75) is 57.0 Å². The number of piperazine rings is 1. The maximum Gasteiger partial charge on any atom is 0.318 e. The Morgan fingerprint density at radius 3 is 2.52 bits per heavy atom. The number of ketones is 1. The van der Waals surface area contributed by atoms with Gasteiger partial charge < -0.3 is 15.5 Å². The number of amides is 2. The molecule has 0 bridgehead atoms. The summed E-state index contributed by atoms with van der Waals surface area (Å²) in [6, 6.07) is 4.22. The van der Waals surface area contributed by atoms with Gasteiger partial charge in [0.25, 0.3) is 0 Å². The summed E-state index contributed by atoms with van der Waals surface area (Å²) < 4.78 is 0. The molecule has 0 aromatic carbocycles. The Balaban J connectivity index is 1.38. The molecule has 3 fully saturated rings. The first-order valence-electron chi connectivity index (χ1n) is 11.1. The standard InChI is InChI=1S/C22H33N5O2/c1-17-7-8-18(15-24-17)20(28)22(9-10-23-16-22)25-21(29)27-13-11-26(12-14-27)19-5-3-2-4-6-19/h7-8,15,19,23H,2-6,9-14,16H2,1H3,(H,25,29)/t22-/m1/s1. The average molecular weight is 400 g/mol. The topological polar surface area (TPSA) is 77.6 Å². The van der Waals surface area contributed by atoms with Gasteiger partial charge in [-0.05, 0) is 44.9 Å². The van der Waals surface area contributed by atoms with Gasteiger partial charge in [-0.25, -0.2) is 4.79 Å². The van der Waals surface area contributed by atoms with Gasteiger partial charge in [-0.2, -0.15) is 0 Å². The second-order valence-electron chi connectivity index (χ2n) is 8.77. The number of carbonyl (C=O) groups is 2. The first-order chi connectivity index (χ1) is 14.1. The molecular weight excluding hydrogens is 366 g/mol. The SMILES string of the molecule is Cc1ccc(C(=O)[C@@]2(NC(=O)N3CCN(C4CCCCC4)CC3)CCNC2)cn1.